The zero-order valence-corrected chi connectivity index (χ0v) is 6.60. The predicted octanol–water partition coefficient (Wildman–Crippen LogP) is 0.904. The minimum Gasteiger partial charge on any atom is -0.480 e. The highest BCUT2D eigenvalue weighted by molar-refractivity contribution is 5.95. The summed E-state index contributed by atoms with van der Waals surface area (Å²) in [5, 5.41) is 16.8. The first kappa shape index (κ1) is 10.4. The molecule has 0 rings (SSSR count). The monoisotopic (exact) mass is 170 g/mol. The molecule has 0 spiro atoms. The molecule has 0 saturated heterocycles. The number of rotatable bonds is 4. The minimum absolute atomic E-state index is 1.12. The summed E-state index contributed by atoms with van der Waals surface area (Å²) in [5.41, 5.74) is 0. The van der Waals surface area contributed by atoms with Crippen molar-refractivity contribution in [3.05, 3.63) is 24.3 Å². The van der Waals surface area contributed by atoms with Crippen molar-refractivity contribution in [2.24, 2.45) is 5.92 Å². The van der Waals surface area contributed by atoms with E-state index in [0.29, 0.717) is 0 Å². The van der Waals surface area contributed by atoms with Crippen molar-refractivity contribution in [1.29, 1.82) is 0 Å². The predicted molar refractivity (Wildman–Crippen MR) is 42.7 cm³/mol. The Morgan fingerprint density at radius 2 is 1.67 bits per heavy atom. The molecule has 0 atom stereocenters. The van der Waals surface area contributed by atoms with Gasteiger partial charge in [0.25, 0.3) is 0 Å². The van der Waals surface area contributed by atoms with Gasteiger partial charge in [0.15, 0.2) is 5.92 Å². The Labute approximate surface area is 69.8 Å². The van der Waals surface area contributed by atoms with Gasteiger partial charge in [-0.2, -0.15) is 0 Å². The molecule has 0 aliphatic rings. The summed E-state index contributed by atoms with van der Waals surface area (Å²) in [6.07, 6.45) is 5.76. The van der Waals surface area contributed by atoms with E-state index in [1.165, 1.54) is 6.08 Å². The molecular formula is C8H10O4. The molecule has 0 aliphatic carbocycles. The molecule has 0 aromatic rings. The lowest BCUT2D eigenvalue weighted by Crippen LogP contribution is -2.20. The maximum absolute atomic E-state index is 10.3. The van der Waals surface area contributed by atoms with Gasteiger partial charge in [0.05, 0.1) is 0 Å². The Kier molecular flexibility index (Phi) is 4.45. The van der Waals surface area contributed by atoms with Crippen LogP contribution in [0.25, 0.3) is 0 Å². The second-order valence-electron chi connectivity index (χ2n) is 2.06. The molecule has 0 fully saturated rings. The van der Waals surface area contributed by atoms with Crippen molar-refractivity contribution in [2.45, 2.75) is 6.92 Å². The van der Waals surface area contributed by atoms with Gasteiger partial charge in [-0.25, -0.2) is 0 Å². The third-order valence-corrected chi connectivity index (χ3v) is 1.14. The summed E-state index contributed by atoms with van der Waals surface area (Å²) in [5.74, 6) is -4.17. The second kappa shape index (κ2) is 5.12. The fourth-order valence-electron chi connectivity index (χ4n) is 0.557. The Bertz CT molecular complexity index is 213. The van der Waals surface area contributed by atoms with Crippen LogP contribution in [0.1, 0.15) is 6.92 Å². The molecule has 0 aliphatic heterocycles. The van der Waals surface area contributed by atoms with Gasteiger partial charge in [-0.05, 0) is 6.92 Å². The van der Waals surface area contributed by atoms with Crippen LogP contribution in [0.5, 0.6) is 0 Å². The van der Waals surface area contributed by atoms with Crippen molar-refractivity contribution in [2.75, 3.05) is 0 Å². The molecular weight excluding hydrogens is 160 g/mol. The third kappa shape index (κ3) is 3.55. The summed E-state index contributed by atoms with van der Waals surface area (Å²) in [6, 6.07) is 0. The smallest absolute Gasteiger partial charge is 0.321 e. The van der Waals surface area contributed by atoms with Crippen LogP contribution in [-0.2, 0) is 9.59 Å². The Morgan fingerprint density at radius 1 is 1.17 bits per heavy atom. The van der Waals surface area contributed by atoms with Gasteiger partial charge in [0, 0.05) is 0 Å². The summed E-state index contributed by atoms with van der Waals surface area (Å²) in [4.78, 5) is 20.6. The van der Waals surface area contributed by atoms with Crippen molar-refractivity contribution >= 4 is 11.9 Å². The summed E-state index contributed by atoms with van der Waals surface area (Å²) in [6.45, 7) is 1.75. The van der Waals surface area contributed by atoms with Crippen molar-refractivity contribution in [1.82, 2.24) is 0 Å². The largest absolute Gasteiger partial charge is 0.480 e. The maximum Gasteiger partial charge on any atom is 0.321 e. The van der Waals surface area contributed by atoms with E-state index < -0.39 is 17.9 Å². The lowest BCUT2D eigenvalue weighted by molar-refractivity contribution is -0.151. The highest BCUT2D eigenvalue weighted by Crippen LogP contribution is 1.99. The van der Waals surface area contributed by atoms with E-state index in [4.69, 9.17) is 10.2 Å². The van der Waals surface area contributed by atoms with Crippen LogP contribution in [0, 0.1) is 5.92 Å². The number of aliphatic carboxylic acids is 2. The van der Waals surface area contributed by atoms with Crippen LogP contribution in [0.4, 0.5) is 0 Å². The molecule has 4 heteroatoms. The molecule has 0 bridgehead atoms. The number of allylic oxidation sites excluding steroid dienone is 3. The number of carboxylic acid groups (broad SMARTS) is 2. The van der Waals surface area contributed by atoms with Crippen molar-refractivity contribution in [3.63, 3.8) is 0 Å². The molecule has 0 radical (unpaired) electrons. The Balaban J connectivity index is 4.33. The third-order valence-electron chi connectivity index (χ3n) is 1.14. The minimum atomic E-state index is -1.46. The number of hydrogen-bond donors (Lipinski definition) is 2. The van der Waals surface area contributed by atoms with Gasteiger partial charge in [0.1, 0.15) is 0 Å². The first-order valence-corrected chi connectivity index (χ1v) is 3.34. The average molecular weight is 170 g/mol. The average Bonchev–Trinajstić information content (AvgIpc) is 1.96. The zero-order valence-electron chi connectivity index (χ0n) is 6.60. The molecule has 2 N–H and O–H groups in total. The Morgan fingerprint density at radius 3 is 2.00 bits per heavy atom. The van der Waals surface area contributed by atoms with E-state index in [9.17, 15) is 9.59 Å². The van der Waals surface area contributed by atoms with Crippen LogP contribution in [0.3, 0.4) is 0 Å². The first-order chi connectivity index (χ1) is 5.59. The highest BCUT2D eigenvalue weighted by Gasteiger charge is 2.21. The molecule has 0 heterocycles. The molecule has 0 unspecified atom stereocenters. The summed E-state index contributed by atoms with van der Waals surface area (Å²) < 4.78 is 0. The van der Waals surface area contributed by atoms with Gasteiger partial charge < -0.3 is 10.2 Å². The summed E-state index contributed by atoms with van der Waals surface area (Å²) in [7, 11) is 0. The molecule has 66 valence electrons. The number of carbonyl (C=O) groups is 2. The fraction of sp³-hybridized carbons (Fsp3) is 0.250. The Hall–Kier alpha value is -1.58. The lowest BCUT2D eigenvalue weighted by Gasteiger charge is -1.98. The van der Waals surface area contributed by atoms with Gasteiger partial charge in [-0.15, -0.1) is 0 Å². The molecule has 0 saturated carbocycles. The normalized spacial score (nSPS) is 11.5. The van der Waals surface area contributed by atoms with Crippen LogP contribution in [0.2, 0.25) is 0 Å². The van der Waals surface area contributed by atoms with Gasteiger partial charge in [-0.3, -0.25) is 9.59 Å². The topological polar surface area (TPSA) is 74.6 Å². The van der Waals surface area contributed by atoms with E-state index in [2.05, 4.69) is 0 Å². The fourth-order valence-corrected chi connectivity index (χ4v) is 0.557. The summed E-state index contributed by atoms with van der Waals surface area (Å²) >= 11 is 0. The zero-order chi connectivity index (χ0) is 9.56. The van der Waals surface area contributed by atoms with E-state index in [1.807, 2.05) is 0 Å². The maximum atomic E-state index is 10.3. The molecule has 0 aromatic carbocycles. The second-order valence-corrected chi connectivity index (χ2v) is 2.06. The van der Waals surface area contributed by atoms with E-state index in [-0.39, 0.29) is 0 Å². The SMILES string of the molecule is C/C=C/C=C/C(C(=O)O)C(=O)O. The van der Waals surface area contributed by atoms with Crippen LogP contribution in [-0.4, -0.2) is 22.2 Å². The van der Waals surface area contributed by atoms with Crippen LogP contribution >= 0.6 is 0 Å². The molecule has 0 amide bonds. The molecule has 12 heavy (non-hydrogen) atoms. The van der Waals surface area contributed by atoms with Crippen molar-refractivity contribution in [3.8, 4) is 0 Å². The van der Waals surface area contributed by atoms with Crippen molar-refractivity contribution < 1.29 is 19.8 Å². The van der Waals surface area contributed by atoms with Crippen LogP contribution in [0.15, 0.2) is 24.3 Å². The van der Waals surface area contributed by atoms with E-state index in [1.54, 1.807) is 19.1 Å². The highest BCUT2D eigenvalue weighted by atomic mass is 16.4. The van der Waals surface area contributed by atoms with Gasteiger partial charge in [0.2, 0.25) is 0 Å². The van der Waals surface area contributed by atoms with Crippen LogP contribution < -0.4 is 0 Å². The molecule has 0 aromatic heterocycles. The number of hydrogen-bond acceptors (Lipinski definition) is 2. The first-order valence-electron chi connectivity index (χ1n) is 3.34. The quantitative estimate of drug-likeness (QED) is 0.485. The van der Waals surface area contributed by atoms with E-state index in [0.717, 1.165) is 6.08 Å². The van der Waals surface area contributed by atoms with Gasteiger partial charge >= 0.3 is 11.9 Å². The standard InChI is InChI=1S/C8H10O4/c1-2-3-4-5-6(7(9)10)8(11)12/h2-6H,1H3,(H,9,10)(H,11,12)/b3-2+,5-4+. The van der Waals surface area contributed by atoms with E-state index >= 15 is 0 Å². The number of carboxylic acids is 2. The molecule has 4 nitrogen and oxygen atoms in total. The van der Waals surface area contributed by atoms with Gasteiger partial charge in [-0.1, -0.05) is 24.3 Å². The lowest BCUT2D eigenvalue weighted by atomic mass is 10.1.